The third-order valence-corrected chi connectivity index (χ3v) is 5.16. The lowest BCUT2D eigenvalue weighted by Gasteiger charge is -2.35. The van der Waals surface area contributed by atoms with Crippen molar-refractivity contribution >= 4 is 17.6 Å². The topological polar surface area (TPSA) is 80.0 Å². The molecule has 8 heteroatoms. The number of ether oxygens (including phenoxy) is 1. The number of hydrogen-bond acceptors (Lipinski definition) is 5. The number of carbonyl (C=O) groups is 2. The van der Waals surface area contributed by atoms with E-state index in [4.69, 9.17) is 4.74 Å². The number of nitrogens with zero attached hydrogens (tertiary/aromatic N) is 5. The van der Waals surface area contributed by atoms with E-state index in [-0.39, 0.29) is 12.0 Å². The molecule has 0 aliphatic carbocycles. The van der Waals surface area contributed by atoms with Gasteiger partial charge in [0.2, 0.25) is 5.91 Å². The van der Waals surface area contributed by atoms with Crippen molar-refractivity contribution in [2.24, 2.45) is 0 Å². The van der Waals surface area contributed by atoms with Crippen LogP contribution in [0.2, 0.25) is 0 Å². The van der Waals surface area contributed by atoms with Crippen molar-refractivity contribution in [1.29, 1.82) is 0 Å². The second-order valence-corrected chi connectivity index (χ2v) is 8.67. The zero-order valence-electron chi connectivity index (χ0n) is 18.3. The Balaban J connectivity index is 1.57. The molecular formula is C21H31N5O3. The first-order valence-electron chi connectivity index (χ1n) is 10.1. The lowest BCUT2D eigenvalue weighted by Crippen LogP contribution is -2.51. The van der Waals surface area contributed by atoms with E-state index in [1.54, 1.807) is 4.90 Å². The van der Waals surface area contributed by atoms with Crippen LogP contribution in [-0.2, 0) is 16.0 Å². The van der Waals surface area contributed by atoms with E-state index in [1.165, 1.54) is 0 Å². The number of amides is 2. The van der Waals surface area contributed by atoms with Gasteiger partial charge in [-0.3, -0.25) is 4.79 Å². The van der Waals surface area contributed by atoms with E-state index in [9.17, 15) is 9.59 Å². The first-order chi connectivity index (χ1) is 13.5. The number of fused-ring (bicyclic) bond motifs is 1. The third-order valence-electron chi connectivity index (χ3n) is 5.16. The van der Waals surface area contributed by atoms with Crippen molar-refractivity contribution < 1.29 is 14.3 Å². The highest BCUT2D eigenvalue weighted by Gasteiger charge is 2.27. The Kier molecular flexibility index (Phi) is 5.82. The summed E-state index contributed by atoms with van der Waals surface area (Å²) in [5.74, 6) is 0.101. The molecule has 1 saturated heterocycles. The fraction of sp³-hybridized carbons (Fsp3) is 0.619. The largest absolute Gasteiger partial charge is 0.444 e. The van der Waals surface area contributed by atoms with Crippen molar-refractivity contribution in [3.63, 3.8) is 0 Å². The Bertz CT molecular complexity index is 921. The number of hydrogen-bond donors (Lipinski definition) is 0. The van der Waals surface area contributed by atoms with E-state index in [2.05, 4.69) is 10.1 Å². The van der Waals surface area contributed by atoms with Crippen LogP contribution in [0.1, 0.15) is 49.8 Å². The Morgan fingerprint density at radius 1 is 1.07 bits per heavy atom. The van der Waals surface area contributed by atoms with Gasteiger partial charge in [-0.25, -0.2) is 14.3 Å². The first-order valence-corrected chi connectivity index (χ1v) is 10.1. The van der Waals surface area contributed by atoms with Gasteiger partial charge in [0.15, 0.2) is 5.65 Å². The molecule has 2 amide bonds. The summed E-state index contributed by atoms with van der Waals surface area (Å²) in [4.78, 5) is 33.0. The lowest BCUT2D eigenvalue weighted by molar-refractivity contribution is -0.132. The maximum atomic E-state index is 12.7. The van der Waals surface area contributed by atoms with Crippen molar-refractivity contribution in [1.82, 2.24) is 24.4 Å². The molecule has 0 atom stereocenters. The summed E-state index contributed by atoms with van der Waals surface area (Å²) in [6, 6.07) is 1.96. The number of aromatic nitrogens is 3. The molecule has 3 heterocycles. The van der Waals surface area contributed by atoms with E-state index in [0.29, 0.717) is 39.0 Å². The van der Waals surface area contributed by atoms with Gasteiger partial charge in [-0.1, -0.05) is 0 Å². The molecule has 0 radical (unpaired) electrons. The quantitative estimate of drug-likeness (QED) is 0.790. The highest BCUT2D eigenvalue weighted by molar-refractivity contribution is 5.77. The van der Waals surface area contributed by atoms with E-state index < -0.39 is 5.60 Å². The number of carbonyl (C=O) groups excluding carboxylic acids is 2. The molecule has 0 saturated carbocycles. The molecule has 2 aromatic heterocycles. The SMILES string of the molecule is Cc1cc2nc(C)c(CCC(=O)N3CCN(C(=O)OC(C)(C)C)CC3)c(C)n2n1. The normalized spacial score (nSPS) is 15.1. The van der Waals surface area contributed by atoms with Gasteiger partial charge in [0.1, 0.15) is 5.60 Å². The number of rotatable bonds is 3. The Morgan fingerprint density at radius 3 is 2.31 bits per heavy atom. The van der Waals surface area contributed by atoms with Gasteiger partial charge < -0.3 is 14.5 Å². The summed E-state index contributed by atoms with van der Waals surface area (Å²) >= 11 is 0. The molecule has 0 unspecified atom stereocenters. The summed E-state index contributed by atoms with van der Waals surface area (Å²) in [6.07, 6.45) is 0.733. The van der Waals surface area contributed by atoms with Crippen molar-refractivity contribution in [2.75, 3.05) is 26.2 Å². The van der Waals surface area contributed by atoms with Crippen molar-refractivity contribution in [3.05, 3.63) is 28.7 Å². The van der Waals surface area contributed by atoms with Gasteiger partial charge in [0, 0.05) is 50.1 Å². The molecule has 0 N–H and O–H groups in total. The van der Waals surface area contributed by atoms with Gasteiger partial charge in [-0.05, 0) is 53.5 Å². The average molecular weight is 402 g/mol. The van der Waals surface area contributed by atoms with Crippen molar-refractivity contribution in [2.45, 2.75) is 60.0 Å². The van der Waals surface area contributed by atoms with Crippen LogP contribution in [0.25, 0.3) is 5.65 Å². The third kappa shape index (κ3) is 4.86. The molecule has 1 aliphatic rings. The Labute approximate surface area is 171 Å². The van der Waals surface area contributed by atoms with E-state index >= 15 is 0 Å². The Morgan fingerprint density at radius 2 is 1.69 bits per heavy atom. The summed E-state index contributed by atoms with van der Waals surface area (Å²) in [5, 5.41) is 4.49. The van der Waals surface area contributed by atoms with Gasteiger partial charge in [0.05, 0.1) is 5.69 Å². The smallest absolute Gasteiger partial charge is 0.410 e. The highest BCUT2D eigenvalue weighted by Crippen LogP contribution is 2.18. The minimum absolute atomic E-state index is 0.101. The Hall–Kier alpha value is -2.64. The lowest BCUT2D eigenvalue weighted by atomic mass is 10.1. The molecule has 1 fully saturated rings. The standard InChI is InChI=1S/C21H31N5O3/c1-14-13-18-22-15(2)17(16(3)26(18)23-14)7-8-19(27)24-9-11-25(12-10-24)20(28)29-21(4,5)6/h13H,7-12H2,1-6H3. The van der Waals surface area contributed by atoms with Crippen molar-refractivity contribution in [3.8, 4) is 0 Å². The second-order valence-electron chi connectivity index (χ2n) is 8.67. The van der Waals surface area contributed by atoms with Crippen LogP contribution in [0, 0.1) is 20.8 Å². The van der Waals surface area contributed by atoms with Gasteiger partial charge in [-0.15, -0.1) is 0 Å². The molecule has 158 valence electrons. The predicted molar refractivity (Wildman–Crippen MR) is 110 cm³/mol. The van der Waals surface area contributed by atoms with Crippen LogP contribution in [-0.4, -0.2) is 68.2 Å². The van der Waals surface area contributed by atoms with Crippen LogP contribution < -0.4 is 0 Å². The van der Waals surface area contributed by atoms with Crippen LogP contribution in [0.15, 0.2) is 6.07 Å². The minimum atomic E-state index is -0.512. The van der Waals surface area contributed by atoms with Gasteiger partial charge >= 0.3 is 6.09 Å². The molecule has 1 aliphatic heterocycles. The minimum Gasteiger partial charge on any atom is -0.444 e. The van der Waals surface area contributed by atoms with E-state index in [1.807, 2.05) is 57.0 Å². The van der Waals surface area contributed by atoms with Gasteiger partial charge in [0.25, 0.3) is 0 Å². The predicted octanol–water partition coefficient (Wildman–Crippen LogP) is 2.67. The van der Waals surface area contributed by atoms with Crippen LogP contribution in [0.5, 0.6) is 0 Å². The van der Waals surface area contributed by atoms with Crippen LogP contribution in [0.3, 0.4) is 0 Å². The van der Waals surface area contributed by atoms with E-state index in [0.717, 1.165) is 28.3 Å². The monoisotopic (exact) mass is 401 g/mol. The first kappa shape index (κ1) is 21.1. The second kappa shape index (κ2) is 8.00. The molecular weight excluding hydrogens is 370 g/mol. The molecule has 0 aromatic carbocycles. The number of aryl methyl sites for hydroxylation is 3. The average Bonchev–Trinajstić information content (AvgIpc) is 3.00. The summed E-state index contributed by atoms with van der Waals surface area (Å²) in [5.41, 5.74) is 4.30. The summed E-state index contributed by atoms with van der Waals surface area (Å²) in [7, 11) is 0. The maximum Gasteiger partial charge on any atom is 0.410 e. The van der Waals surface area contributed by atoms with Crippen LogP contribution >= 0.6 is 0 Å². The molecule has 0 bridgehead atoms. The molecule has 0 spiro atoms. The fourth-order valence-corrected chi connectivity index (χ4v) is 3.66. The fourth-order valence-electron chi connectivity index (χ4n) is 3.66. The summed E-state index contributed by atoms with van der Waals surface area (Å²) in [6.45, 7) is 13.6. The molecule has 29 heavy (non-hydrogen) atoms. The molecule has 8 nitrogen and oxygen atoms in total. The van der Waals surface area contributed by atoms with Gasteiger partial charge in [-0.2, -0.15) is 5.10 Å². The molecule has 2 aromatic rings. The molecule has 3 rings (SSSR count). The maximum absolute atomic E-state index is 12.7. The zero-order valence-corrected chi connectivity index (χ0v) is 18.3. The summed E-state index contributed by atoms with van der Waals surface area (Å²) < 4.78 is 7.26. The zero-order chi connectivity index (χ0) is 21.3. The number of piperazine rings is 1. The van der Waals surface area contributed by atoms with Crippen LogP contribution in [0.4, 0.5) is 4.79 Å². The highest BCUT2D eigenvalue weighted by atomic mass is 16.6.